The number of anilines is 1. The molecule has 0 aliphatic heterocycles. The first kappa shape index (κ1) is 15.3. The van der Waals surface area contributed by atoms with Crippen molar-refractivity contribution in [1.29, 1.82) is 0 Å². The molecule has 21 heavy (non-hydrogen) atoms. The Morgan fingerprint density at radius 3 is 2.38 bits per heavy atom. The van der Waals surface area contributed by atoms with E-state index in [4.69, 9.17) is 0 Å². The van der Waals surface area contributed by atoms with Crippen molar-refractivity contribution in [2.24, 2.45) is 0 Å². The van der Waals surface area contributed by atoms with Crippen LogP contribution in [0.3, 0.4) is 0 Å². The van der Waals surface area contributed by atoms with Gasteiger partial charge in [0.05, 0.1) is 15.5 Å². The fourth-order valence-corrected chi connectivity index (χ4v) is 3.11. The number of nitro benzene ring substituents is 1. The summed E-state index contributed by atoms with van der Waals surface area (Å²) in [5, 5.41) is 10.7. The first-order valence-corrected chi connectivity index (χ1v) is 8.54. The highest BCUT2D eigenvalue weighted by molar-refractivity contribution is 7.98. The van der Waals surface area contributed by atoms with Gasteiger partial charge in [-0.1, -0.05) is 6.07 Å². The van der Waals surface area contributed by atoms with Crippen molar-refractivity contribution < 1.29 is 13.3 Å². The molecule has 0 aliphatic carbocycles. The number of thioether (sulfide) groups is 1. The summed E-state index contributed by atoms with van der Waals surface area (Å²) in [5.41, 5.74) is -0.0222. The van der Waals surface area contributed by atoms with Crippen molar-refractivity contribution in [1.82, 2.24) is 0 Å². The van der Waals surface area contributed by atoms with Crippen LogP contribution >= 0.6 is 11.8 Å². The van der Waals surface area contributed by atoms with Crippen LogP contribution in [0.15, 0.2) is 58.3 Å². The highest BCUT2D eigenvalue weighted by Gasteiger charge is 2.15. The van der Waals surface area contributed by atoms with Crippen LogP contribution in [0.25, 0.3) is 0 Å². The van der Waals surface area contributed by atoms with Crippen molar-refractivity contribution in [2.45, 2.75) is 9.79 Å². The van der Waals surface area contributed by atoms with Crippen LogP contribution in [0.2, 0.25) is 0 Å². The summed E-state index contributed by atoms with van der Waals surface area (Å²) >= 11 is 1.51. The number of nitrogens with one attached hydrogen (secondary N) is 1. The van der Waals surface area contributed by atoms with Crippen LogP contribution in [-0.4, -0.2) is 19.6 Å². The fraction of sp³-hybridized carbons (Fsp3) is 0.0769. The van der Waals surface area contributed by atoms with Crippen molar-refractivity contribution >= 4 is 33.2 Å². The molecule has 0 saturated heterocycles. The quantitative estimate of drug-likeness (QED) is 0.518. The predicted octanol–water partition coefficient (Wildman–Crippen LogP) is 3.12. The van der Waals surface area contributed by atoms with Crippen LogP contribution in [0.4, 0.5) is 11.4 Å². The van der Waals surface area contributed by atoms with Gasteiger partial charge in [-0.25, -0.2) is 8.42 Å². The first-order chi connectivity index (χ1) is 9.92. The molecule has 0 aliphatic rings. The minimum absolute atomic E-state index is 0.104. The van der Waals surface area contributed by atoms with E-state index in [0.29, 0.717) is 0 Å². The summed E-state index contributed by atoms with van der Waals surface area (Å²) in [6, 6.07) is 11.7. The number of rotatable bonds is 5. The van der Waals surface area contributed by atoms with E-state index < -0.39 is 14.9 Å². The Labute approximate surface area is 126 Å². The average molecular weight is 324 g/mol. The molecule has 110 valence electrons. The third kappa shape index (κ3) is 3.73. The molecule has 0 bridgehead atoms. The van der Waals surface area contributed by atoms with E-state index in [0.717, 1.165) is 4.90 Å². The molecule has 1 N–H and O–H groups in total. The van der Waals surface area contributed by atoms with Crippen LogP contribution < -0.4 is 4.72 Å². The third-order valence-corrected chi connectivity index (χ3v) is 4.82. The third-order valence-electron chi connectivity index (χ3n) is 2.68. The Morgan fingerprint density at radius 1 is 1.14 bits per heavy atom. The van der Waals surface area contributed by atoms with Gasteiger partial charge in [0.25, 0.3) is 15.7 Å². The Bertz CT molecular complexity index is 758. The van der Waals surface area contributed by atoms with E-state index in [1.807, 2.05) is 6.26 Å². The standard InChI is InChI=1S/C13H12N2O4S2/c1-20-12-5-7-13(8-6-12)21(18,19)14-10-3-2-4-11(9-10)15(16)17/h2-9,14H,1H3. The minimum atomic E-state index is -3.76. The van der Waals surface area contributed by atoms with Gasteiger partial charge in [-0.05, 0) is 36.6 Å². The summed E-state index contributed by atoms with van der Waals surface area (Å²) in [4.78, 5) is 11.2. The van der Waals surface area contributed by atoms with E-state index >= 15 is 0 Å². The van der Waals surface area contributed by atoms with Crippen LogP contribution in [0.5, 0.6) is 0 Å². The summed E-state index contributed by atoms with van der Waals surface area (Å²) in [7, 11) is -3.76. The van der Waals surface area contributed by atoms with E-state index in [1.54, 1.807) is 12.1 Å². The Balaban J connectivity index is 2.28. The lowest BCUT2D eigenvalue weighted by molar-refractivity contribution is -0.384. The normalized spacial score (nSPS) is 11.1. The summed E-state index contributed by atoms with van der Waals surface area (Å²) < 4.78 is 26.7. The molecule has 6 nitrogen and oxygen atoms in total. The molecule has 0 amide bonds. The number of hydrogen-bond donors (Lipinski definition) is 1. The fourth-order valence-electron chi connectivity index (χ4n) is 1.65. The number of nitro groups is 1. The average Bonchev–Trinajstić information content (AvgIpc) is 2.47. The monoisotopic (exact) mass is 324 g/mol. The molecule has 0 radical (unpaired) electrons. The van der Waals surface area contributed by atoms with E-state index in [1.165, 1.54) is 48.2 Å². The topological polar surface area (TPSA) is 89.3 Å². The van der Waals surface area contributed by atoms with Crippen LogP contribution in [-0.2, 0) is 10.0 Å². The van der Waals surface area contributed by atoms with Gasteiger partial charge < -0.3 is 0 Å². The van der Waals surface area contributed by atoms with Crippen LogP contribution in [0.1, 0.15) is 0 Å². The van der Waals surface area contributed by atoms with E-state index in [-0.39, 0.29) is 16.3 Å². The number of benzene rings is 2. The van der Waals surface area contributed by atoms with Crippen molar-refractivity contribution in [3.8, 4) is 0 Å². The molecule has 0 fully saturated rings. The molecular weight excluding hydrogens is 312 g/mol. The Hall–Kier alpha value is -2.06. The molecule has 0 atom stereocenters. The number of nitrogens with zero attached hydrogens (tertiary/aromatic N) is 1. The van der Waals surface area contributed by atoms with Crippen molar-refractivity contribution in [3.63, 3.8) is 0 Å². The lowest BCUT2D eigenvalue weighted by Crippen LogP contribution is -2.12. The highest BCUT2D eigenvalue weighted by atomic mass is 32.2. The maximum atomic E-state index is 12.2. The number of hydrogen-bond acceptors (Lipinski definition) is 5. The molecule has 0 aromatic heterocycles. The largest absolute Gasteiger partial charge is 0.279 e. The smallest absolute Gasteiger partial charge is 0.271 e. The molecule has 0 heterocycles. The molecule has 2 rings (SSSR count). The molecule has 0 saturated carbocycles. The molecule has 8 heteroatoms. The minimum Gasteiger partial charge on any atom is -0.279 e. The summed E-state index contributed by atoms with van der Waals surface area (Å²) in [6.07, 6.45) is 1.89. The SMILES string of the molecule is CSc1ccc(S(=O)(=O)Nc2cccc([N+](=O)[O-])c2)cc1. The molecular formula is C13H12N2O4S2. The zero-order valence-electron chi connectivity index (χ0n) is 11.0. The van der Waals surface area contributed by atoms with Crippen molar-refractivity contribution in [2.75, 3.05) is 11.0 Å². The van der Waals surface area contributed by atoms with Gasteiger partial charge in [0.15, 0.2) is 0 Å². The maximum absolute atomic E-state index is 12.2. The second-order valence-corrected chi connectivity index (χ2v) is 6.65. The lowest BCUT2D eigenvalue weighted by Gasteiger charge is -2.08. The van der Waals surface area contributed by atoms with E-state index in [9.17, 15) is 18.5 Å². The van der Waals surface area contributed by atoms with Gasteiger partial charge in [-0.15, -0.1) is 11.8 Å². The second-order valence-electron chi connectivity index (χ2n) is 4.09. The van der Waals surface area contributed by atoms with Gasteiger partial charge in [-0.3, -0.25) is 14.8 Å². The molecule has 2 aromatic carbocycles. The summed E-state index contributed by atoms with van der Waals surface area (Å²) in [5.74, 6) is 0. The zero-order valence-corrected chi connectivity index (χ0v) is 12.6. The van der Waals surface area contributed by atoms with Gasteiger partial charge in [0, 0.05) is 17.0 Å². The van der Waals surface area contributed by atoms with E-state index in [2.05, 4.69) is 4.72 Å². The van der Waals surface area contributed by atoms with Crippen LogP contribution in [0, 0.1) is 10.1 Å². The van der Waals surface area contributed by atoms with Gasteiger partial charge in [0.1, 0.15) is 0 Å². The Morgan fingerprint density at radius 2 is 1.81 bits per heavy atom. The van der Waals surface area contributed by atoms with Crippen molar-refractivity contribution in [3.05, 3.63) is 58.6 Å². The molecule has 0 unspecified atom stereocenters. The molecule has 2 aromatic rings. The summed E-state index contributed by atoms with van der Waals surface area (Å²) in [6.45, 7) is 0. The predicted molar refractivity (Wildman–Crippen MR) is 82.1 cm³/mol. The number of sulfonamides is 1. The van der Waals surface area contributed by atoms with Gasteiger partial charge >= 0.3 is 0 Å². The number of non-ortho nitro benzene ring substituents is 1. The molecule has 0 spiro atoms. The lowest BCUT2D eigenvalue weighted by atomic mass is 10.3. The second kappa shape index (κ2) is 6.15. The zero-order chi connectivity index (χ0) is 15.5. The van der Waals surface area contributed by atoms with Gasteiger partial charge in [-0.2, -0.15) is 0 Å². The first-order valence-electron chi connectivity index (χ1n) is 5.84. The van der Waals surface area contributed by atoms with Gasteiger partial charge in [0.2, 0.25) is 0 Å². The maximum Gasteiger partial charge on any atom is 0.271 e. The Kier molecular flexibility index (Phi) is 4.49. The highest BCUT2D eigenvalue weighted by Crippen LogP contribution is 2.22.